The normalized spacial score (nSPS) is 14.1. The number of benzene rings is 1. The zero-order valence-electron chi connectivity index (χ0n) is 8.49. The highest BCUT2D eigenvalue weighted by Gasteiger charge is 2.12. The Morgan fingerprint density at radius 1 is 1.47 bits per heavy atom. The zero-order chi connectivity index (χ0) is 10.7. The van der Waals surface area contributed by atoms with Gasteiger partial charge in [-0.25, -0.2) is 0 Å². The van der Waals surface area contributed by atoms with Crippen LogP contribution in [0.5, 0.6) is 11.5 Å². The molecule has 0 aromatic heterocycles. The first kappa shape index (κ1) is 9.64. The summed E-state index contributed by atoms with van der Waals surface area (Å²) >= 11 is 0. The summed E-state index contributed by atoms with van der Waals surface area (Å²) in [7, 11) is 1.64. The van der Waals surface area contributed by atoms with Crippen LogP contribution in [0.2, 0.25) is 0 Å². The molecule has 15 heavy (non-hydrogen) atoms. The van der Waals surface area contributed by atoms with Gasteiger partial charge in [0.15, 0.2) is 17.5 Å². The molecule has 0 radical (unpaired) electrons. The maximum absolute atomic E-state index is 5.52. The van der Waals surface area contributed by atoms with Crippen molar-refractivity contribution in [2.75, 3.05) is 13.8 Å². The van der Waals surface area contributed by atoms with Crippen molar-refractivity contribution in [1.82, 2.24) is 5.32 Å². The standard InChI is InChI=1S/C10H13N3O2/c1-12-10(11)13-5-7-2-3-8-9(4-7)15-6-14-8/h2-4H,5-6H2,1H3,(H3,11,12,13). The largest absolute Gasteiger partial charge is 0.454 e. The van der Waals surface area contributed by atoms with Crippen molar-refractivity contribution in [2.24, 2.45) is 10.7 Å². The molecule has 80 valence electrons. The number of nitrogens with two attached hydrogens (primary N) is 1. The van der Waals surface area contributed by atoms with E-state index in [1.165, 1.54) is 0 Å². The lowest BCUT2D eigenvalue weighted by Gasteiger charge is -2.05. The fourth-order valence-electron chi connectivity index (χ4n) is 1.32. The van der Waals surface area contributed by atoms with Crippen molar-refractivity contribution < 1.29 is 9.47 Å². The molecular formula is C10H13N3O2. The minimum Gasteiger partial charge on any atom is -0.454 e. The van der Waals surface area contributed by atoms with E-state index in [1.54, 1.807) is 7.05 Å². The quantitative estimate of drug-likeness (QED) is 0.545. The number of hydrogen-bond donors (Lipinski definition) is 2. The van der Waals surface area contributed by atoms with Crippen LogP contribution in [-0.4, -0.2) is 19.8 Å². The maximum Gasteiger partial charge on any atom is 0.231 e. The van der Waals surface area contributed by atoms with E-state index in [2.05, 4.69) is 10.3 Å². The molecular weight excluding hydrogens is 194 g/mol. The van der Waals surface area contributed by atoms with Crippen LogP contribution in [0.3, 0.4) is 0 Å². The number of ether oxygens (including phenoxy) is 2. The lowest BCUT2D eigenvalue weighted by atomic mass is 10.2. The molecule has 1 aliphatic rings. The summed E-state index contributed by atoms with van der Waals surface area (Å²) in [5.41, 5.74) is 6.59. The van der Waals surface area contributed by atoms with E-state index in [4.69, 9.17) is 15.2 Å². The molecule has 0 spiro atoms. The van der Waals surface area contributed by atoms with E-state index in [9.17, 15) is 0 Å². The highest BCUT2D eigenvalue weighted by atomic mass is 16.7. The van der Waals surface area contributed by atoms with Crippen molar-refractivity contribution in [1.29, 1.82) is 0 Å². The van der Waals surface area contributed by atoms with Gasteiger partial charge in [0, 0.05) is 13.6 Å². The van der Waals surface area contributed by atoms with Gasteiger partial charge in [0.25, 0.3) is 0 Å². The molecule has 0 saturated carbocycles. The van der Waals surface area contributed by atoms with E-state index in [-0.39, 0.29) is 0 Å². The van der Waals surface area contributed by atoms with Gasteiger partial charge in [-0.3, -0.25) is 4.99 Å². The number of nitrogens with zero attached hydrogens (tertiary/aromatic N) is 1. The van der Waals surface area contributed by atoms with E-state index >= 15 is 0 Å². The van der Waals surface area contributed by atoms with Crippen LogP contribution in [0.15, 0.2) is 23.2 Å². The van der Waals surface area contributed by atoms with Crippen LogP contribution in [0.1, 0.15) is 5.56 Å². The summed E-state index contributed by atoms with van der Waals surface area (Å²) in [6.07, 6.45) is 0. The van der Waals surface area contributed by atoms with Crippen LogP contribution in [0.25, 0.3) is 0 Å². The Morgan fingerprint density at radius 3 is 3.07 bits per heavy atom. The Kier molecular flexibility index (Phi) is 2.62. The monoisotopic (exact) mass is 207 g/mol. The molecule has 0 fully saturated rings. The molecule has 0 bridgehead atoms. The Hall–Kier alpha value is -1.91. The number of rotatable bonds is 2. The van der Waals surface area contributed by atoms with Crippen molar-refractivity contribution in [3.8, 4) is 11.5 Å². The summed E-state index contributed by atoms with van der Waals surface area (Å²) < 4.78 is 10.5. The predicted molar refractivity (Wildman–Crippen MR) is 57.0 cm³/mol. The topological polar surface area (TPSA) is 68.9 Å². The predicted octanol–water partition coefficient (Wildman–Crippen LogP) is 0.449. The zero-order valence-corrected chi connectivity index (χ0v) is 8.49. The third kappa shape index (κ3) is 2.12. The molecule has 5 heteroatoms. The van der Waals surface area contributed by atoms with Gasteiger partial charge in [0.2, 0.25) is 6.79 Å². The van der Waals surface area contributed by atoms with Crippen LogP contribution < -0.4 is 20.5 Å². The summed E-state index contributed by atoms with van der Waals surface area (Å²) in [5, 5.41) is 2.97. The molecule has 0 aliphatic carbocycles. The summed E-state index contributed by atoms with van der Waals surface area (Å²) in [6, 6.07) is 5.78. The number of nitrogens with one attached hydrogen (secondary N) is 1. The Labute approximate surface area is 87.9 Å². The molecule has 1 aromatic rings. The van der Waals surface area contributed by atoms with Crippen molar-refractivity contribution in [3.05, 3.63) is 23.8 Å². The van der Waals surface area contributed by atoms with Gasteiger partial charge >= 0.3 is 0 Å². The molecule has 0 atom stereocenters. The summed E-state index contributed by atoms with van der Waals surface area (Å²) in [4.78, 5) is 3.80. The van der Waals surface area contributed by atoms with Crippen molar-refractivity contribution in [3.63, 3.8) is 0 Å². The third-order valence-corrected chi connectivity index (χ3v) is 2.15. The van der Waals surface area contributed by atoms with Crippen LogP contribution in [0.4, 0.5) is 0 Å². The van der Waals surface area contributed by atoms with Gasteiger partial charge in [-0.1, -0.05) is 6.07 Å². The summed E-state index contributed by atoms with van der Waals surface area (Å²) in [5.74, 6) is 1.99. The van der Waals surface area contributed by atoms with Gasteiger partial charge in [-0.2, -0.15) is 0 Å². The third-order valence-electron chi connectivity index (χ3n) is 2.15. The Morgan fingerprint density at radius 2 is 2.27 bits per heavy atom. The summed E-state index contributed by atoms with van der Waals surface area (Å²) in [6.45, 7) is 0.921. The lowest BCUT2D eigenvalue weighted by Crippen LogP contribution is -2.30. The Balaban J connectivity index is 2.04. The first-order valence-corrected chi connectivity index (χ1v) is 4.64. The van der Waals surface area contributed by atoms with Crippen molar-refractivity contribution in [2.45, 2.75) is 6.54 Å². The lowest BCUT2D eigenvalue weighted by molar-refractivity contribution is 0.174. The number of fused-ring (bicyclic) bond motifs is 1. The molecule has 1 aliphatic heterocycles. The second-order valence-electron chi connectivity index (χ2n) is 3.15. The van der Waals surface area contributed by atoms with E-state index in [0.717, 1.165) is 17.1 Å². The molecule has 1 heterocycles. The second kappa shape index (κ2) is 4.08. The maximum atomic E-state index is 5.52. The minimum atomic E-state index is 0.296. The molecule has 1 aromatic carbocycles. The van der Waals surface area contributed by atoms with Gasteiger partial charge in [0.1, 0.15) is 0 Å². The van der Waals surface area contributed by atoms with Crippen molar-refractivity contribution >= 4 is 5.96 Å². The molecule has 5 nitrogen and oxygen atoms in total. The smallest absolute Gasteiger partial charge is 0.231 e. The minimum absolute atomic E-state index is 0.296. The van der Waals surface area contributed by atoms with Gasteiger partial charge in [-0.15, -0.1) is 0 Å². The molecule has 3 N–H and O–H groups in total. The van der Waals surface area contributed by atoms with E-state index < -0.39 is 0 Å². The number of guanidine groups is 1. The van der Waals surface area contributed by atoms with Crippen LogP contribution in [-0.2, 0) is 6.54 Å². The number of aliphatic imine (C=N–C) groups is 1. The Bertz CT molecular complexity index is 390. The molecule has 0 unspecified atom stereocenters. The first-order chi connectivity index (χ1) is 7.29. The van der Waals surface area contributed by atoms with E-state index in [0.29, 0.717) is 19.3 Å². The van der Waals surface area contributed by atoms with Gasteiger partial charge in [-0.05, 0) is 17.7 Å². The molecule has 0 saturated heterocycles. The average molecular weight is 207 g/mol. The van der Waals surface area contributed by atoms with Gasteiger partial charge < -0.3 is 20.5 Å². The SMILES string of the molecule is CN=C(N)NCc1ccc2c(c1)OCO2. The average Bonchev–Trinajstić information content (AvgIpc) is 2.72. The fraction of sp³-hybridized carbons (Fsp3) is 0.300. The fourth-order valence-corrected chi connectivity index (χ4v) is 1.32. The molecule has 2 rings (SSSR count). The van der Waals surface area contributed by atoms with Crippen LogP contribution >= 0.6 is 0 Å². The highest BCUT2D eigenvalue weighted by molar-refractivity contribution is 5.77. The first-order valence-electron chi connectivity index (χ1n) is 4.64. The van der Waals surface area contributed by atoms with Gasteiger partial charge in [0.05, 0.1) is 0 Å². The second-order valence-corrected chi connectivity index (χ2v) is 3.15. The number of hydrogen-bond acceptors (Lipinski definition) is 3. The van der Waals surface area contributed by atoms with Crippen LogP contribution in [0, 0.1) is 0 Å². The molecule has 0 amide bonds. The van der Waals surface area contributed by atoms with E-state index in [1.807, 2.05) is 18.2 Å². The highest BCUT2D eigenvalue weighted by Crippen LogP contribution is 2.32.